The van der Waals surface area contributed by atoms with E-state index in [1.807, 2.05) is 44.2 Å². The third kappa shape index (κ3) is 5.59. The average molecular weight is 394 g/mol. The lowest BCUT2D eigenvalue weighted by molar-refractivity contribution is -0.120. The number of benzene rings is 2. The third-order valence-electron chi connectivity index (χ3n) is 5.50. The van der Waals surface area contributed by atoms with Gasteiger partial charge < -0.3 is 15.1 Å². The highest BCUT2D eigenvalue weighted by molar-refractivity contribution is 6.01. The molecular formula is C24H31N3O2. The van der Waals surface area contributed by atoms with Gasteiger partial charge in [0.2, 0.25) is 11.8 Å². The van der Waals surface area contributed by atoms with E-state index < -0.39 is 0 Å². The average Bonchev–Trinajstić information content (AvgIpc) is 2.66. The molecule has 2 amide bonds. The van der Waals surface area contributed by atoms with Crippen LogP contribution in [-0.2, 0) is 9.59 Å². The lowest BCUT2D eigenvalue weighted by Crippen LogP contribution is -2.36. The summed E-state index contributed by atoms with van der Waals surface area (Å²) in [6.07, 6.45) is 2.44. The summed E-state index contributed by atoms with van der Waals surface area (Å²) >= 11 is 0. The maximum atomic E-state index is 12.6. The van der Waals surface area contributed by atoms with E-state index in [0.29, 0.717) is 0 Å². The van der Waals surface area contributed by atoms with Gasteiger partial charge in [0.15, 0.2) is 0 Å². The molecule has 1 heterocycles. The summed E-state index contributed by atoms with van der Waals surface area (Å²) in [5.41, 5.74) is 4.81. The Bertz CT molecular complexity index is 848. The van der Waals surface area contributed by atoms with Gasteiger partial charge in [0.1, 0.15) is 6.54 Å². The Hall–Kier alpha value is -2.82. The van der Waals surface area contributed by atoms with Crippen molar-refractivity contribution >= 4 is 28.9 Å². The van der Waals surface area contributed by atoms with Crippen molar-refractivity contribution in [2.75, 3.05) is 34.8 Å². The molecular weight excluding hydrogens is 362 g/mol. The predicted molar refractivity (Wildman–Crippen MR) is 120 cm³/mol. The van der Waals surface area contributed by atoms with Gasteiger partial charge in [-0.15, -0.1) is 0 Å². The Kier molecular flexibility index (Phi) is 6.57. The van der Waals surface area contributed by atoms with E-state index in [0.717, 1.165) is 41.5 Å². The molecule has 0 radical (unpaired) electrons. The fraction of sp³-hybridized carbons (Fsp3) is 0.417. The molecule has 0 atom stereocenters. The van der Waals surface area contributed by atoms with Crippen molar-refractivity contribution in [1.82, 2.24) is 0 Å². The van der Waals surface area contributed by atoms with Gasteiger partial charge in [-0.1, -0.05) is 13.0 Å². The van der Waals surface area contributed by atoms with Crippen molar-refractivity contribution in [2.45, 2.75) is 40.5 Å². The topological polar surface area (TPSA) is 52.7 Å². The molecule has 0 aromatic heterocycles. The largest absolute Gasteiger partial charge is 0.372 e. The first-order chi connectivity index (χ1) is 13.8. The molecule has 154 valence electrons. The van der Waals surface area contributed by atoms with Crippen molar-refractivity contribution in [3.8, 4) is 0 Å². The quantitative estimate of drug-likeness (QED) is 0.812. The lowest BCUT2D eigenvalue weighted by Gasteiger charge is -2.32. The van der Waals surface area contributed by atoms with E-state index in [9.17, 15) is 9.59 Å². The van der Waals surface area contributed by atoms with E-state index >= 15 is 0 Å². The van der Waals surface area contributed by atoms with Crippen LogP contribution >= 0.6 is 0 Å². The summed E-state index contributed by atoms with van der Waals surface area (Å²) in [7, 11) is 0. The molecule has 1 N–H and O–H groups in total. The first-order valence-corrected chi connectivity index (χ1v) is 10.3. The fourth-order valence-electron chi connectivity index (χ4n) is 3.86. The van der Waals surface area contributed by atoms with Crippen LogP contribution in [0.25, 0.3) is 0 Å². The SMILES string of the molecule is CC(=O)N(CC(=O)Nc1ccc(N2CCC(C)CC2)cc1)c1cc(C)cc(C)c1. The van der Waals surface area contributed by atoms with Gasteiger partial charge in [0, 0.05) is 37.1 Å². The molecule has 2 aromatic rings. The zero-order valence-corrected chi connectivity index (χ0v) is 17.9. The Morgan fingerprint density at radius 2 is 1.62 bits per heavy atom. The molecule has 1 aliphatic rings. The zero-order valence-electron chi connectivity index (χ0n) is 17.9. The van der Waals surface area contributed by atoms with Crippen LogP contribution in [0.2, 0.25) is 0 Å². The van der Waals surface area contributed by atoms with Gasteiger partial charge in [-0.3, -0.25) is 9.59 Å². The minimum Gasteiger partial charge on any atom is -0.372 e. The number of amides is 2. The monoisotopic (exact) mass is 393 g/mol. The molecule has 29 heavy (non-hydrogen) atoms. The highest BCUT2D eigenvalue weighted by Crippen LogP contribution is 2.24. The van der Waals surface area contributed by atoms with E-state index in [1.165, 1.54) is 30.4 Å². The number of nitrogens with zero attached hydrogens (tertiary/aromatic N) is 2. The number of carbonyl (C=O) groups excluding carboxylic acids is 2. The molecule has 5 nitrogen and oxygen atoms in total. The van der Waals surface area contributed by atoms with Crippen LogP contribution in [-0.4, -0.2) is 31.4 Å². The molecule has 0 unspecified atom stereocenters. The first-order valence-electron chi connectivity index (χ1n) is 10.3. The molecule has 0 aliphatic carbocycles. The van der Waals surface area contributed by atoms with E-state index in [2.05, 4.69) is 29.3 Å². The van der Waals surface area contributed by atoms with Crippen LogP contribution in [0.4, 0.5) is 17.1 Å². The zero-order chi connectivity index (χ0) is 21.0. The number of aryl methyl sites for hydroxylation is 2. The molecule has 3 rings (SSSR count). The highest BCUT2D eigenvalue weighted by Gasteiger charge is 2.18. The smallest absolute Gasteiger partial charge is 0.244 e. The summed E-state index contributed by atoms with van der Waals surface area (Å²) < 4.78 is 0. The van der Waals surface area contributed by atoms with Crippen LogP contribution in [0.15, 0.2) is 42.5 Å². The van der Waals surface area contributed by atoms with Gasteiger partial charge in [0.05, 0.1) is 0 Å². The minimum atomic E-state index is -0.209. The fourth-order valence-corrected chi connectivity index (χ4v) is 3.86. The van der Waals surface area contributed by atoms with Crippen LogP contribution in [0.3, 0.4) is 0 Å². The number of carbonyl (C=O) groups is 2. The van der Waals surface area contributed by atoms with Crippen LogP contribution in [0.1, 0.15) is 37.8 Å². The van der Waals surface area contributed by atoms with Crippen LogP contribution < -0.4 is 15.1 Å². The Labute approximate surface area is 173 Å². The van der Waals surface area contributed by atoms with E-state index in [-0.39, 0.29) is 18.4 Å². The predicted octanol–water partition coefficient (Wildman–Crippen LogP) is 4.53. The van der Waals surface area contributed by atoms with Crippen molar-refractivity contribution in [1.29, 1.82) is 0 Å². The van der Waals surface area contributed by atoms with Crippen molar-refractivity contribution < 1.29 is 9.59 Å². The number of anilines is 3. The molecule has 1 fully saturated rings. The molecule has 0 spiro atoms. The molecule has 1 saturated heterocycles. The van der Waals surface area contributed by atoms with Gasteiger partial charge >= 0.3 is 0 Å². The van der Waals surface area contributed by atoms with Gasteiger partial charge in [-0.05, 0) is 80.1 Å². The standard InChI is InChI=1S/C24H31N3O2/c1-17-9-11-26(12-10-17)22-7-5-21(6-8-22)25-24(29)16-27(20(4)28)23-14-18(2)13-19(3)15-23/h5-8,13-15,17H,9-12,16H2,1-4H3,(H,25,29). The second-order valence-corrected chi connectivity index (χ2v) is 8.22. The van der Waals surface area contributed by atoms with Crippen LogP contribution in [0, 0.1) is 19.8 Å². The molecule has 0 bridgehead atoms. The summed E-state index contributed by atoms with van der Waals surface area (Å²) in [4.78, 5) is 28.6. The normalized spacial score (nSPS) is 14.6. The van der Waals surface area contributed by atoms with Crippen LogP contribution in [0.5, 0.6) is 0 Å². The van der Waals surface area contributed by atoms with Crippen molar-refractivity contribution in [3.05, 3.63) is 53.6 Å². The van der Waals surface area contributed by atoms with Gasteiger partial charge in [0.25, 0.3) is 0 Å². The summed E-state index contributed by atoms with van der Waals surface area (Å²) in [5, 5.41) is 2.91. The van der Waals surface area contributed by atoms with Gasteiger partial charge in [-0.25, -0.2) is 0 Å². The molecule has 0 saturated carbocycles. The Morgan fingerprint density at radius 1 is 1.03 bits per heavy atom. The maximum Gasteiger partial charge on any atom is 0.244 e. The van der Waals surface area contributed by atoms with E-state index in [4.69, 9.17) is 0 Å². The summed E-state index contributed by atoms with van der Waals surface area (Å²) in [6, 6.07) is 13.9. The minimum absolute atomic E-state index is 0.00993. The molecule has 1 aliphatic heterocycles. The molecule has 2 aromatic carbocycles. The summed E-state index contributed by atoms with van der Waals surface area (Å²) in [6.45, 7) is 9.91. The Morgan fingerprint density at radius 3 is 2.17 bits per heavy atom. The number of nitrogens with one attached hydrogen (secondary N) is 1. The number of hydrogen-bond donors (Lipinski definition) is 1. The van der Waals surface area contributed by atoms with Gasteiger partial charge in [-0.2, -0.15) is 0 Å². The Balaban J connectivity index is 1.63. The van der Waals surface area contributed by atoms with Crippen molar-refractivity contribution in [2.24, 2.45) is 5.92 Å². The molecule has 5 heteroatoms. The maximum absolute atomic E-state index is 12.6. The second-order valence-electron chi connectivity index (χ2n) is 8.22. The number of rotatable bonds is 5. The van der Waals surface area contributed by atoms with E-state index in [1.54, 1.807) is 0 Å². The highest BCUT2D eigenvalue weighted by atomic mass is 16.2. The summed E-state index contributed by atoms with van der Waals surface area (Å²) in [5.74, 6) is 0.435. The van der Waals surface area contributed by atoms with Crippen molar-refractivity contribution in [3.63, 3.8) is 0 Å². The lowest BCUT2D eigenvalue weighted by atomic mass is 9.99. The number of hydrogen-bond acceptors (Lipinski definition) is 3. The first kappa shape index (κ1) is 20.9. The number of piperidine rings is 1. The second kappa shape index (κ2) is 9.12. The third-order valence-corrected chi connectivity index (χ3v) is 5.50.